The summed E-state index contributed by atoms with van der Waals surface area (Å²) in [6.07, 6.45) is 5.04. The van der Waals surface area contributed by atoms with E-state index < -0.39 is 10.0 Å². The highest BCUT2D eigenvalue weighted by atomic mass is 32.2. The number of nitrogens with zero attached hydrogens (tertiary/aromatic N) is 2. The molecule has 172 valence electrons. The van der Waals surface area contributed by atoms with Gasteiger partial charge in [-0.05, 0) is 62.3 Å². The fourth-order valence-corrected chi connectivity index (χ4v) is 4.77. The highest BCUT2D eigenvalue weighted by Crippen LogP contribution is 2.19. The Balaban J connectivity index is 1.53. The maximum atomic E-state index is 12.6. The summed E-state index contributed by atoms with van der Waals surface area (Å²) in [7, 11) is -3.83. The van der Waals surface area contributed by atoms with E-state index in [1.54, 1.807) is 12.1 Å². The van der Waals surface area contributed by atoms with E-state index in [9.17, 15) is 18.0 Å². The molecule has 32 heavy (non-hydrogen) atoms. The van der Waals surface area contributed by atoms with E-state index >= 15 is 0 Å². The number of pyridine rings is 1. The summed E-state index contributed by atoms with van der Waals surface area (Å²) in [4.78, 5) is 29.4. The van der Waals surface area contributed by atoms with E-state index in [0.717, 1.165) is 31.4 Å². The number of ether oxygens (including phenoxy) is 1. The van der Waals surface area contributed by atoms with E-state index in [1.807, 2.05) is 0 Å². The van der Waals surface area contributed by atoms with Crippen molar-refractivity contribution in [2.24, 2.45) is 0 Å². The van der Waals surface area contributed by atoms with Gasteiger partial charge in [0, 0.05) is 25.2 Å². The molecular formula is C22H27N3O5S2. The largest absolute Gasteiger partial charge is 0.492 e. The molecule has 0 unspecified atom stereocenters. The smallest absolute Gasteiger partial charge is 0.263 e. The van der Waals surface area contributed by atoms with Crippen LogP contribution in [0.1, 0.15) is 36.5 Å². The third kappa shape index (κ3) is 7.32. The second kappa shape index (κ2) is 11.4. The van der Waals surface area contributed by atoms with E-state index in [0.29, 0.717) is 17.9 Å². The molecule has 1 saturated heterocycles. The van der Waals surface area contributed by atoms with Crippen molar-refractivity contribution in [3.05, 3.63) is 48.2 Å². The Labute approximate surface area is 192 Å². The van der Waals surface area contributed by atoms with Gasteiger partial charge in [-0.1, -0.05) is 18.2 Å². The molecule has 3 rings (SSSR count). The maximum Gasteiger partial charge on any atom is 0.263 e. The van der Waals surface area contributed by atoms with Gasteiger partial charge < -0.3 is 4.74 Å². The Hall–Kier alpha value is -2.43. The van der Waals surface area contributed by atoms with E-state index in [4.69, 9.17) is 4.74 Å². The summed E-state index contributed by atoms with van der Waals surface area (Å²) < 4.78 is 33.4. The summed E-state index contributed by atoms with van der Waals surface area (Å²) in [6, 6.07) is 9.12. The van der Waals surface area contributed by atoms with Crippen LogP contribution in [0.4, 0.5) is 5.82 Å². The number of hydrogen-bond donors (Lipinski definition) is 1. The van der Waals surface area contributed by atoms with Crippen molar-refractivity contribution in [2.75, 3.05) is 36.7 Å². The van der Waals surface area contributed by atoms with Gasteiger partial charge >= 0.3 is 0 Å². The van der Waals surface area contributed by atoms with Gasteiger partial charge in [-0.2, -0.15) is 0 Å². The highest BCUT2D eigenvalue weighted by Gasteiger charge is 2.16. The lowest BCUT2D eigenvalue weighted by atomic mass is 10.1. The van der Waals surface area contributed by atoms with Crippen molar-refractivity contribution < 1.29 is 22.7 Å². The van der Waals surface area contributed by atoms with Crippen molar-refractivity contribution >= 4 is 38.5 Å². The van der Waals surface area contributed by atoms with Gasteiger partial charge in [0.2, 0.25) is 0 Å². The van der Waals surface area contributed by atoms with Crippen LogP contribution in [-0.4, -0.2) is 61.2 Å². The Bertz CT molecular complexity index is 1020. The molecule has 2 aromatic rings. The van der Waals surface area contributed by atoms with Gasteiger partial charge in [-0.15, -0.1) is 0 Å². The maximum absolute atomic E-state index is 12.6. The number of ketones is 1. The third-order valence-corrected chi connectivity index (χ3v) is 7.17. The van der Waals surface area contributed by atoms with Crippen molar-refractivity contribution in [3.63, 3.8) is 0 Å². The Morgan fingerprint density at radius 2 is 1.81 bits per heavy atom. The molecule has 0 amide bonds. The second-order valence-corrected chi connectivity index (χ2v) is 10.3. The van der Waals surface area contributed by atoms with Crippen LogP contribution in [0.5, 0.6) is 5.75 Å². The number of sulfonamides is 1. The van der Waals surface area contributed by atoms with Crippen molar-refractivity contribution in [3.8, 4) is 5.75 Å². The molecule has 1 fully saturated rings. The van der Waals surface area contributed by atoms with E-state index in [1.165, 1.54) is 56.6 Å². The number of anilines is 1. The first-order valence-electron chi connectivity index (χ1n) is 10.4. The molecule has 10 heteroatoms. The van der Waals surface area contributed by atoms with Crippen molar-refractivity contribution in [1.29, 1.82) is 0 Å². The molecule has 1 N–H and O–H groups in total. The number of aromatic nitrogens is 1. The molecule has 0 bridgehead atoms. The quantitative estimate of drug-likeness (QED) is 0.520. The number of nitrogens with one attached hydrogen (secondary N) is 1. The fourth-order valence-electron chi connectivity index (χ4n) is 3.26. The SMILES string of the molecule is CC(=O)SCC(=O)c1ccc(NS(=O)(=O)c2ccc(OCCN3CCCCC3)cc2)nc1. The van der Waals surface area contributed by atoms with E-state index in [-0.39, 0.29) is 27.4 Å². The topological polar surface area (TPSA) is 106 Å². The Morgan fingerprint density at radius 3 is 2.44 bits per heavy atom. The summed E-state index contributed by atoms with van der Waals surface area (Å²) in [5.74, 6) is 0.491. The van der Waals surface area contributed by atoms with Crippen LogP contribution in [-0.2, 0) is 14.8 Å². The summed E-state index contributed by atoms with van der Waals surface area (Å²) in [5, 5.41) is -0.144. The van der Waals surface area contributed by atoms with Crippen molar-refractivity contribution in [2.45, 2.75) is 31.1 Å². The number of carbonyl (C=O) groups excluding carboxylic acids is 2. The summed E-state index contributed by atoms with van der Waals surface area (Å²) in [5.41, 5.74) is 0.313. The van der Waals surface area contributed by atoms with Crippen LogP contribution in [0.3, 0.4) is 0 Å². The number of benzene rings is 1. The zero-order valence-electron chi connectivity index (χ0n) is 18.0. The number of likely N-dealkylation sites (tertiary alicyclic amines) is 1. The predicted molar refractivity (Wildman–Crippen MR) is 125 cm³/mol. The average Bonchev–Trinajstić information content (AvgIpc) is 2.79. The molecule has 0 atom stereocenters. The summed E-state index contributed by atoms with van der Waals surface area (Å²) in [6.45, 7) is 5.02. The van der Waals surface area contributed by atoms with Crippen LogP contribution in [0.2, 0.25) is 0 Å². The van der Waals surface area contributed by atoms with Crippen LogP contribution in [0, 0.1) is 0 Å². The zero-order chi connectivity index (χ0) is 23.0. The molecule has 0 radical (unpaired) electrons. The minimum absolute atomic E-state index is 0.0224. The van der Waals surface area contributed by atoms with E-state index in [2.05, 4.69) is 14.6 Å². The molecule has 0 aliphatic carbocycles. The van der Waals surface area contributed by atoms with Gasteiger partial charge in [-0.25, -0.2) is 13.4 Å². The van der Waals surface area contributed by atoms with Gasteiger partial charge in [0.05, 0.1) is 10.6 Å². The molecule has 8 nitrogen and oxygen atoms in total. The van der Waals surface area contributed by atoms with Gasteiger partial charge in [0.1, 0.15) is 18.2 Å². The third-order valence-electron chi connectivity index (χ3n) is 4.99. The van der Waals surface area contributed by atoms with Gasteiger partial charge in [-0.3, -0.25) is 19.2 Å². The number of rotatable bonds is 10. The molecule has 1 aromatic carbocycles. The fraction of sp³-hybridized carbons (Fsp3) is 0.409. The normalized spacial score (nSPS) is 14.7. The predicted octanol–water partition coefficient (Wildman–Crippen LogP) is 3.21. The number of Topliss-reactive ketones (excluding diaryl/α,β-unsaturated/α-hetero) is 1. The molecular weight excluding hydrogens is 450 g/mol. The lowest BCUT2D eigenvalue weighted by Gasteiger charge is -2.26. The second-order valence-electron chi connectivity index (χ2n) is 7.46. The molecule has 0 spiro atoms. The van der Waals surface area contributed by atoms with Crippen LogP contribution in [0.25, 0.3) is 0 Å². The molecule has 2 heterocycles. The number of carbonyl (C=O) groups is 2. The minimum atomic E-state index is -3.83. The minimum Gasteiger partial charge on any atom is -0.492 e. The molecule has 1 aliphatic rings. The number of hydrogen-bond acceptors (Lipinski definition) is 8. The van der Waals surface area contributed by atoms with Crippen molar-refractivity contribution in [1.82, 2.24) is 9.88 Å². The van der Waals surface area contributed by atoms with Gasteiger partial charge in [0.25, 0.3) is 10.0 Å². The molecule has 1 aromatic heterocycles. The average molecular weight is 478 g/mol. The standard InChI is InChI=1S/C22H27N3O5S2/c1-17(26)31-16-21(27)18-5-10-22(23-15-18)24-32(28,29)20-8-6-19(7-9-20)30-14-13-25-11-3-2-4-12-25/h5-10,15H,2-4,11-14,16H2,1H3,(H,23,24). The first-order chi connectivity index (χ1) is 15.3. The lowest BCUT2D eigenvalue weighted by molar-refractivity contribution is -0.109. The van der Waals surface area contributed by atoms with Gasteiger partial charge in [0.15, 0.2) is 10.9 Å². The summed E-state index contributed by atoms with van der Waals surface area (Å²) >= 11 is 0.918. The zero-order valence-corrected chi connectivity index (χ0v) is 19.6. The lowest BCUT2D eigenvalue weighted by Crippen LogP contribution is -2.33. The van der Waals surface area contributed by atoms with Crippen LogP contribution < -0.4 is 9.46 Å². The molecule has 1 aliphatic heterocycles. The first-order valence-corrected chi connectivity index (χ1v) is 12.9. The Morgan fingerprint density at radius 1 is 1.09 bits per heavy atom. The number of piperidine rings is 1. The Kier molecular flexibility index (Phi) is 8.66. The highest BCUT2D eigenvalue weighted by molar-refractivity contribution is 8.14. The monoisotopic (exact) mass is 477 g/mol. The molecule has 0 saturated carbocycles. The number of thioether (sulfide) groups is 1. The first kappa shape index (κ1) is 24.2. The van der Waals surface area contributed by atoms with Crippen LogP contribution >= 0.6 is 11.8 Å². The van der Waals surface area contributed by atoms with Crippen LogP contribution in [0.15, 0.2) is 47.5 Å².